The molecule has 2 aromatic carbocycles. The van der Waals surface area contributed by atoms with E-state index in [0.717, 1.165) is 17.7 Å². The Bertz CT molecular complexity index is 714. The number of benzene rings is 2. The zero-order valence-electron chi connectivity index (χ0n) is 13.7. The first-order valence-electron chi connectivity index (χ1n) is 7.51. The van der Waals surface area contributed by atoms with Gasteiger partial charge < -0.3 is 20.1 Å². The van der Waals surface area contributed by atoms with E-state index in [1.807, 2.05) is 24.3 Å². The summed E-state index contributed by atoms with van der Waals surface area (Å²) in [6.07, 6.45) is 0.779. The second-order valence-electron chi connectivity index (χ2n) is 5.61. The van der Waals surface area contributed by atoms with E-state index in [1.165, 1.54) is 0 Å². The summed E-state index contributed by atoms with van der Waals surface area (Å²) < 4.78 is 10.5. The molecule has 1 unspecified atom stereocenters. The van der Waals surface area contributed by atoms with Gasteiger partial charge in [0.15, 0.2) is 0 Å². The van der Waals surface area contributed by atoms with Crippen LogP contribution in [0, 0.1) is 0 Å². The van der Waals surface area contributed by atoms with Gasteiger partial charge in [-0.25, -0.2) is 0 Å². The van der Waals surface area contributed by atoms with Crippen LogP contribution in [0.5, 0.6) is 11.5 Å². The fourth-order valence-electron chi connectivity index (χ4n) is 2.91. The molecule has 0 fully saturated rings. The van der Waals surface area contributed by atoms with Gasteiger partial charge in [-0.2, -0.15) is 0 Å². The molecule has 0 spiro atoms. The molecule has 1 aliphatic heterocycles. The summed E-state index contributed by atoms with van der Waals surface area (Å²) in [4.78, 5) is 14.7. The maximum atomic E-state index is 13.0. The van der Waals surface area contributed by atoms with Gasteiger partial charge in [-0.05, 0) is 30.2 Å². The number of hydrogen-bond acceptors (Lipinski definition) is 4. The Balaban J connectivity index is 0.00000208. The molecule has 1 heterocycles. The fraction of sp³-hybridized carbons (Fsp3) is 0.278. The molecule has 1 aliphatic rings. The number of para-hydroxylation sites is 1. The summed E-state index contributed by atoms with van der Waals surface area (Å²) in [5, 5.41) is 0. The molecule has 128 valence electrons. The Morgan fingerprint density at radius 2 is 1.75 bits per heavy atom. The molecule has 6 heteroatoms. The normalized spacial score (nSPS) is 16.0. The van der Waals surface area contributed by atoms with Gasteiger partial charge >= 0.3 is 0 Å². The van der Waals surface area contributed by atoms with E-state index in [-0.39, 0.29) is 24.4 Å². The molecule has 0 bridgehead atoms. The highest BCUT2D eigenvalue weighted by molar-refractivity contribution is 6.07. The predicted molar refractivity (Wildman–Crippen MR) is 96.6 cm³/mol. The number of amides is 1. The number of ether oxygens (including phenoxy) is 2. The number of carbonyl (C=O) groups is 1. The van der Waals surface area contributed by atoms with E-state index >= 15 is 0 Å². The average Bonchev–Trinajstić information content (AvgIpc) is 2.59. The van der Waals surface area contributed by atoms with Crippen LogP contribution in [0.1, 0.15) is 15.9 Å². The lowest BCUT2D eigenvalue weighted by atomic mass is 9.97. The number of halogens is 1. The molecule has 0 aliphatic carbocycles. The van der Waals surface area contributed by atoms with Gasteiger partial charge in [-0.15, -0.1) is 12.4 Å². The smallest absolute Gasteiger partial charge is 0.258 e. The Morgan fingerprint density at radius 1 is 1.12 bits per heavy atom. The van der Waals surface area contributed by atoms with Gasteiger partial charge in [-0.3, -0.25) is 4.79 Å². The Hall–Kier alpha value is -2.24. The fourth-order valence-corrected chi connectivity index (χ4v) is 2.91. The van der Waals surface area contributed by atoms with Crippen LogP contribution >= 0.6 is 12.4 Å². The number of fused-ring (bicyclic) bond motifs is 1. The molecule has 1 amide bonds. The topological polar surface area (TPSA) is 64.8 Å². The van der Waals surface area contributed by atoms with Crippen LogP contribution in [0.15, 0.2) is 42.5 Å². The van der Waals surface area contributed by atoms with Crippen molar-refractivity contribution in [1.82, 2.24) is 0 Å². The molecule has 0 radical (unpaired) electrons. The third-order valence-corrected chi connectivity index (χ3v) is 4.03. The summed E-state index contributed by atoms with van der Waals surface area (Å²) in [6.45, 7) is 0.495. The van der Waals surface area contributed by atoms with Crippen molar-refractivity contribution in [3.8, 4) is 11.5 Å². The summed E-state index contributed by atoms with van der Waals surface area (Å²) in [5.74, 6) is 1.06. The van der Waals surface area contributed by atoms with Crippen molar-refractivity contribution in [3.05, 3.63) is 53.6 Å². The molecule has 0 aromatic heterocycles. The highest BCUT2D eigenvalue weighted by Crippen LogP contribution is 2.30. The first-order valence-corrected chi connectivity index (χ1v) is 7.51. The zero-order valence-corrected chi connectivity index (χ0v) is 14.5. The molecule has 0 saturated heterocycles. The van der Waals surface area contributed by atoms with Crippen LogP contribution in [-0.4, -0.2) is 32.7 Å². The van der Waals surface area contributed by atoms with Crippen LogP contribution in [0.25, 0.3) is 0 Å². The molecule has 24 heavy (non-hydrogen) atoms. The molecule has 2 N–H and O–H groups in total. The van der Waals surface area contributed by atoms with Crippen molar-refractivity contribution in [3.63, 3.8) is 0 Å². The summed E-state index contributed by atoms with van der Waals surface area (Å²) >= 11 is 0. The third-order valence-electron chi connectivity index (χ3n) is 4.03. The van der Waals surface area contributed by atoms with Crippen LogP contribution in [0.2, 0.25) is 0 Å². The lowest BCUT2D eigenvalue weighted by Gasteiger charge is -2.33. The number of nitrogens with two attached hydrogens (primary N) is 1. The lowest BCUT2D eigenvalue weighted by molar-refractivity contribution is 0.0982. The maximum absolute atomic E-state index is 13.0. The number of hydrogen-bond donors (Lipinski definition) is 1. The summed E-state index contributed by atoms with van der Waals surface area (Å²) in [5.41, 5.74) is 8.65. The third kappa shape index (κ3) is 3.47. The van der Waals surface area contributed by atoms with Crippen LogP contribution in [0.4, 0.5) is 5.69 Å². The van der Waals surface area contributed by atoms with Crippen LogP contribution < -0.4 is 20.1 Å². The van der Waals surface area contributed by atoms with Crippen molar-refractivity contribution >= 4 is 24.0 Å². The highest BCUT2D eigenvalue weighted by Gasteiger charge is 2.27. The molecular weight excluding hydrogens is 328 g/mol. The standard InChI is InChI=1S/C18H20N2O3.ClH/c1-22-15-8-13(9-16(10-15)23-2)18(21)20-11-14(19)7-12-5-3-4-6-17(12)20;/h3-6,8-10,14H,7,11,19H2,1-2H3;1H. The van der Waals surface area contributed by atoms with Gasteiger partial charge in [0.05, 0.1) is 14.2 Å². The first-order chi connectivity index (χ1) is 11.1. The van der Waals surface area contributed by atoms with E-state index in [9.17, 15) is 4.79 Å². The molecule has 0 saturated carbocycles. The van der Waals surface area contributed by atoms with E-state index < -0.39 is 0 Å². The van der Waals surface area contributed by atoms with Gasteiger partial charge in [0, 0.05) is 29.9 Å². The molecule has 1 atom stereocenters. The van der Waals surface area contributed by atoms with Gasteiger partial charge in [-0.1, -0.05) is 18.2 Å². The van der Waals surface area contributed by atoms with E-state index in [4.69, 9.17) is 15.2 Å². The van der Waals surface area contributed by atoms with Crippen LogP contribution in [0.3, 0.4) is 0 Å². The second kappa shape index (κ2) is 7.55. The monoisotopic (exact) mass is 348 g/mol. The maximum Gasteiger partial charge on any atom is 0.258 e. The summed E-state index contributed by atoms with van der Waals surface area (Å²) in [7, 11) is 3.13. The molecule has 5 nitrogen and oxygen atoms in total. The van der Waals surface area contributed by atoms with Gasteiger partial charge in [0.1, 0.15) is 11.5 Å². The lowest BCUT2D eigenvalue weighted by Crippen LogP contribution is -2.46. The van der Waals surface area contributed by atoms with Crippen molar-refractivity contribution in [2.45, 2.75) is 12.5 Å². The predicted octanol–water partition coefficient (Wildman–Crippen LogP) is 2.66. The minimum Gasteiger partial charge on any atom is -0.497 e. The van der Waals surface area contributed by atoms with E-state index in [0.29, 0.717) is 23.6 Å². The van der Waals surface area contributed by atoms with Crippen molar-refractivity contribution < 1.29 is 14.3 Å². The largest absolute Gasteiger partial charge is 0.497 e. The van der Waals surface area contributed by atoms with Crippen LogP contribution in [-0.2, 0) is 6.42 Å². The quantitative estimate of drug-likeness (QED) is 0.926. The average molecular weight is 349 g/mol. The van der Waals surface area contributed by atoms with Crippen molar-refractivity contribution in [2.24, 2.45) is 5.73 Å². The van der Waals surface area contributed by atoms with Gasteiger partial charge in [0.2, 0.25) is 0 Å². The molecule has 2 aromatic rings. The SMILES string of the molecule is COc1cc(OC)cc(C(=O)N2CC(N)Cc3ccccc32)c1.Cl. The summed E-state index contributed by atoms with van der Waals surface area (Å²) in [6, 6.07) is 13.0. The van der Waals surface area contributed by atoms with Gasteiger partial charge in [0.25, 0.3) is 5.91 Å². The number of nitrogens with zero attached hydrogens (tertiary/aromatic N) is 1. The zero-order chi connectivity index (χ0) is 16.4. The minimum atomic E-state index is -0.107. The Labute approximate surface area is 147 Å². The Morgan fingerprint density at radius 3 is 2.38 bits per heavy atom. The highest BCUT2D eigenvalue weighted by atomic mass is 35.5. The number of anilines is 1. The number of methoxy groups -OCH3 is 2. The first kappa shape index (κ1) is 18.1. The second-order valence-corrected chi connectivity index (χ2v) is 5.61. The number of rotatable bonds is 3. The van der Waals surface area contributed by atoms with Crippen molar-refractivity contribution in [1.29, 1.82) is 0 Å². The Kier molecular flexibility index (Phi) is 5.70. The minimum absolute atomic E-state index is 0. The molecule has 3 rings (SSSR count). The van der Waals surface area contributed by atoms with E-state index in [2.05, 4.69) is 0 Å². The molecular formula is C18H21ClN2O3. The number of carbonyl (C=O) groups excluding carboxylic acids is 1. The van der Waals surface area contributed by atoms with Crippen molar-refractivity contribution in [2.75, 3.05) is 25.7 Å². The van der Waals surface area contributed by atoms with E-state index in [1.54, 1.807) is 37.3 Å².